The van der Waals surface area contributed by atoms with Crippen LogP contribution >= 0.6 is 0 Å². The summed E-state index contributed by atoms with van der Waals surface area (Å²) in [6.45, 7) is 4.43. The molecule has 0 fully saturated rings. The maximum absolute atomic E-state index is 11.4. The Kier molecular flexibility index (Phi) is 6.85. The van der Waals surface area contributed by atoms with Gasteiger partial charge in [0.15, 0.2) is 0 Å². The fraction of sp³-hybridized carbons (Fsp3) is 0.438. The fourth-order valence-electron chi connectivity index (χ4n) is 1.68. The van der Waals surface area contributed by atoms with Crippen LogP contribution in [-0.4, -0.2) is 12.6 Å². The van der Waals surface area contributed by atoms with Crippen LogP contribution in [0.3, 0.4) is 0 Å². The molecule has 0 saturated carbocycles. The summed E-state index contributed by atoms with van der Waals surface area (Å²) in [5, 5.41) is 0. The van der Waals surface area contributed by atoms with Crippen LogP contribution in [0, 0.1) is 0 Å². The Morgan fingerprint density at radius 3 is 2.50 bits per heavy atom. The van der Waals surface area contributed by atoms with E-state index in [1.165, 1.54) is 19.3 Å². The van der Waals surface area contributed by atoms with Crippen molar-refractivity contribution in [3.8, 4) is 0 Å². The SMILES string of the molecule is CCCCC/C=C\c1ccc(C(=O)OCC)cc1. The summed E-state index contributed by atoms with van der Waals surface area (Å²) in [7, 11) is 0. The molecule has 0 N–H and O–H groups in total. The summed E-state index contributed by atoms with van der Waals surface area (Å²) in [6.07, 6.45) is 9.19. The van der Waals surface area contributed by atoms with Crippen LogP contribution < -0.4 is 0 Å². The molecule has 2 heteroatoms. The van der Waals surface area contributed by atoms with E-state index in [2.05, 4.69) is 19.1 Å². The van der Waals surface area contributed by atoms with Crippen LogP contribution in [0.15, 0.2) is 30.3 Å². The van der Waals surface area contributed by atoms with Crippen molar-refractivity contribution in [1.82, 2.24) is 0 Å². The number of unbranched alkanes of at least 4 members (excludes halogenated alkanes) is 3. The molecule has 1 rings (SSSR count). The van der Waals surface area contributed by atoms with Crippen molar-refractivity contribution in [1.29, 1.82) is 0 Å². The monoisotopic (exact) mass is 246 g/mol. The Balaban J connectivity index is 2.47. The number of hydrogen-bond donors (Lipinski definition) is 0. The minimum Gasteiger partial charge on any atom is -0.462 e. The summed E-state index contributed by atoms with van der Waals surface area (Å²) in [6, 6.07) is 7.51. The smallest absolute Gasteiger partial charge is 0.338 e. The molecule has 2 nitrogen and oxygen atoms in total. The first-order chi connectivity index (χ1) is 8.77. The van der Waals surface area contributed by atoms with Gasteiger partial charge in [0.2, 0.25) is 0 Å². The maximum atomic E-state index is 11.4. The molecular weight excluding hydrogens is 224 g/mol. The molecule has 0 radical (unpaired) electrons. The normalized spacial score (nSPS) is 10.8. The summed E-state index contributed by atoms with van der Waals surface area (Å²) in [5.74, 6) is -0.254. The third-order valence-electron chi connectivity index (χ3n) is 2.71. The molecule has 0 heterocycles. The molecule has 1 aromatic carbocycles. The van der Waals surface area contributed by atoms with Crippen LogP contribution in [0.25, 0.3) is 6.08 Å². The molecule has 0 aliphatic heterocycles. The zero-order valence-corrected chi connectivity index (χ0v) is 11.3. The Bertz CT molecular complexity index is 377. The minimum absolute atomic E-state index is 0.254. The third-order valence-corrected chi connectivity index (χ3v) is 2.71. The van der Waals surface area contributed by atoms with Gasteiger partial charge in [-0.05, 0) is 37.5 Å². The molecule has 1 aromatic rings. The molecule has 0 bridgehead atoms. The summed E-state index contributed by atoms with van der Waals surface area (Å²) < 4.78 is 4.94. The van der Waals surface area contributed by atoms with Crippen LogP contribution in [-0.2, 0) is 4.74 Å². The van der Waals surface area contributed by atoms with Crippen molar-refractivity contribution >= 4 is 12.0 Å². The number of carbonyl (C=O) groups is 1. The predicted octanol–water partition coefficient (Wildman–Crippen LogP) is 4.46. The quantitative estimate of drug-likeness (QED) is 0.524. The Labute approximate surface area is 110 Å². The zero-order valence-electron chi connectivity index (χ0n) is 11.3. The van der Waals surface area contributed by atoms with Crippen LogP contribution in [0.4, 0.5) is 0 Å². The van der Waals surface area contributed by atoms with E-state index in [4.69, 9.17) is 4.74 Å². The first-order valence-electron chi connectivity index (χ1n) is 6.71. The molecule has 18 heavy (non-hydrogen) atoms. The van der Waals surface area contributed by atoms with E-state index in [-0.39, 0.29) is 5.97 Å². The number of ether oxygens (including phenoxy) is 1. The van der Waals surface area contributed by atoms with E-state index in [0.29, 0.717) is 12.2 Å². The lowest BCUT2D eigenvalue weighted by Crippen LogP contribution is -2.03. The number of hydrogen-bond acceptors (Lipinski definition) is 2. The number of benzene rings is 1. The molecule has 0 saturated heterocycles. The largest absolute Gasteiger partial charge is 0.462 e. The van der Waals surface area contributed by atoms with Crippen LogP contribution in [0.2, 0.25) is 0 Å². The van der Waals surface area contributed by atoms with E-state index in [1.54, 1.807) is 0 Å². The summed E-state index contributed by atoms with van der Waals surface area (Å²) >= 11 is 0. The second-order valence-electron chi connectivity index (χ2n) is 4.24. The van der Waals surface area contributed by atoms with E-state index >= 15 is 0 Å². The van der Waals surface area contributed by atoms with Gasteiger partial charge in [-0.15, -0.1) is 0 Å². The third kappa shape index (κ3) is 5.17. The summed E-state index contributed by atoms with van der Waals surface area (Å²) in [5.41, 5.74) is 1.74. The van der Waals surface area contributed by atoms with Gasteiger partial charge in [0.05, 0.1) is 12.2 Å². The Hall–Kier alpha value is -1.57. The molecule has 98 valence electrons. The second-order valence-corrected chi connectivity index (χ2v) is 4.24. The van der Waals surface area contributed by atoms with Crippen molar-refractivity contribution < 1.29 is 9.53 Å². The topological polar surface area (TPSA) is 26.3 Å². The molecular formula is C16H22O2. The molecule has 0 unspecified atom stereocenters. The van der Waals surface area contributed by atoms with Gasteiger partial charge in [0.25, 0.3) is 0 Å². The number of esters is 1. The van der Waals surface area contributed by atoms with Gasteiger partial charge in [-0.3, -0.25) is 0 Å². The maximum Gasteiger partial charge on any atom is 0.338 e. The predicted molar refractivity (Wildman–Crippen MR) is 75.6 cm³/mol. The highest BCUT2D eigenvalue weighted by Gasteiger charge is 2.04. The average molecular weight is 246 g/mol. The number of rotatable bonds is 7. The first-order valence-corrected chi connectivity index (χ1v) is 6.71. The van der Waals surface area contributed by atoms with Crippen LogP contribution in [0.5, 0.6) is 0 Å². The van der Waals surface area contributed by atoms with Crippen molar-refractivity contribution in [3.63, 3.8) is 0 Å². The van der Waals surface area contributed by atoms with Crippen molar-refractivity contribution in [2.75, 3.05) is 6.61 Å². The van der Waals surface area contributed by atoms with Gasteiger partial charge in [0.1, 0.15) is 0 Å². The molecule has 0 amide bonds. The molecule has 0 aliphatic carbocycles. The highest BCUT2D eigenvalue weighted by atomic mass is 16.5. The molecule has 0 spiro atoms. The van der Waals surface area contributed by atoms with Crippen molar-refractivity contribution in [3.05, 3.63) is 41.5 Å². The van der Waals surface area contributed by atoms with Crippen molar-refractivity contribution in [2.24, 2.45) is 0 Å². The lowest BCUT2D eigenvalue weighted by Gasteiger charge is -2.01. The highest BCUT2D eigenvalue weighted by Crippen LogP contribution is 2.09. The van der Waals surface area contributed by atoms with Gasteiger partial charge in [-0.25, -0.2) is 4.79 Å². The second kappa shape index (κ2) is 8.51. The number of allylic oxidation sites excluding steroid dienone is 1. The zero-order chi connectivity index (χ0) is 13.2. The first kappa shape index (κ1) is 14.5. The van der Waals surface area contributed by atoms with Crippen molar-refractivity contribution in [2.45, 2.75) is 39.5 Å². The summed E-state index contributed by atoms with van der Waals surface area (Å²) in [4.78, 5) is 11.4. The Morgan fingerprint density at radius 2 is 1.89 bits per heavy atom. The van der Waals surface area contributed by atoms with Gasteiger partial charge in [0, 0.05) is 0 Å². The lowest BCUT2D eigenvalue weighted by molar-refractivity contribution is 0.0526. The van der Waals surface area contributed by atoms with Gasteiger partial charge >= 0.3 is 5.97 Å². The molecule has 0 atom stereocenters. The minimum atomic E-state index is -0.254. The van der Waals surface area contributed by atoms with Gasteiger partial charge in [-0.2, -0.15) is 0 Å². The fourth-order valence-corrected chi connectivity index (χ4v) is 1.68. The van der Waals surface area contributed by atoms with E-state index < -0.39 is 0 Å². The van der Waals surface area contributed by atoms with Gasteiger partial charge in [-0.1, -0.05) is 44.1 Å². The highest BCUT2D eigenvalue weighted by molar-refractivity contribution is 5.89. The molecule has 0 aliphatic rings. The van der Waals surface area contributed by atoms with E-state index in [9.17, 15) is 4.79 Å². The lowest BCUT2D eigenvalue weighted by atomic mass is 10.1. The van der Waals surface area contributed by atoms with Gasteiger partial charge < -0.3 is 4.74 Å². The van der Waals surface area contributed by atoms with E-state index in [0.717, 1.165) is 12.0 Å². The molecule has 0 aromatic heterocycles. The number of carbonyl (C=O) groups excluding carboxylic acids is 1. The van der Waals surface area contributed by atoms with E-state index in [1.807, 2.05) is 31.2 Å². The standard InChI is InChI=1S/C16H22O2/c1-3-5-6-7-8-9-14-10-12-15(13-11-14)16(17)18-4-2/h8-13H,3-7H2,1-2H3/b9-8-. The van der Waals surface area contributed by atoms with Crippen LogP contribution in [0.1, 0.15) is 55.5 Å². The Morgan fingerprint density at radius 1 is 1.17 bits per heavy atom. The average Bonchev–Trinajstić information content (AvgIpc) is 2.39.